The van der Waals surface area contributed by atoms with Crippen LogP contribution in [0.25, 0.3) is 0 Å². The number of aliphatic hydroxyl groups excluding tert-OH is 1. The zero-order chi connectivity index (χ0) is 39.1. The molecular weight excluding hydrogens is 840 g/mol. The molecule has 4 aliphatic rings. The number of hydrogen-bond acceptors (Lipinski definition) is 6. The molecule has 1 N–H and O–H groups in total. The lowest BCUT2D eigenvalue weighted by atomic mass is 10.1. The van der Waals surface area contributed by atoms with Gasteiger partial charge in [-0.05, 0) is 115 Å². The van der Waals surface area contributed by atoms with Gasteiger partial charge in [0.1, 0.15) is 24.7 Å². The average molecular weight is 891 g/mol. The molecule has 0 radical (unpaired) electrons. The molecule has 0 atom stereocenters. The Balaban J connectivity index is 0.000000174. The molecule has 0 spiro atoms. The Labute approximate surface area is 342 Å². The molecule has 2 saturated carbocycles. The molecular formula is C44H50Br2N2O6Si. The number of amides is 2. The van der Waals surface area contributed by atoms with Gasteiger partial charge in [0.25, 0.3) is 11.8 Å². The van der Waals surface area contributed by atoms with Crippen molar-refractivity contribution in [1.82, 2.24) is 0 Å². The second-order valence-corrected chi connectivity index (χ2v) is 22.9. The van der Waals surface area contributed by atoms with E-state index in [0.717, 1.165) is 25.9 Å². The van der Waals surface area contributed by atoms with Crippen LogP contribution in [0.2, 0.25) is 18.1 Å². The molecule has 2 amide bonds. The highest BCUT2D eigenvalue weighted by Crippen LogP contribution is 2.44. The van der Waals surface area contributed by atoms with Crippen LogP contribution in [0, 0.1) is 0 Å². The number of carbonyl (C=O) groups is 2. The highest BCUT2D eigenvalue weighted by Gasteiger charge is 2.38. The molecule has 2 aliphatic carbocycles. The lowest BCUT2D eigenvalue weighted by Crippen LogP contribution is -2.40. The molecule has 55 heavy (non-hydrogen) atoms. The third-order valence-corrected chi connectivity index (χ3v) is 17.5. The van der Waals surface area contributed by atoms with Crippen LogP contribution in [0.4, 0.5) is 11.4 Å². The number of hydrogen-bond donors (Lipinski definition) is 1. The van der Waals surface area contributed by atoms with E-state index in [9.17, 15) is 14.7 Å². The van der Waals surface area contributed by atoms with Crippen molar-refractivity contribution in [3.63, 3.8) is 0 Å². The normalized spacial score (nSPS) is 17.2. The van der Waals surface area contributed by atoms with Crippen LogP contribution in [-0.4, -0.2) is 51.5 Å². The molecule has 2 fully saturated rings. The van der Waals surface area contributed by atoms with Crippen molar-refractivity contribution >= 4 is 63.4 Å². The van der Waals surface area contributed by atoms with Gasteiger partial charge in [0.15, 0.2) is 8.32 Å². The summed E-state index contributed by atoms with van der Waals surface area (Å²) in [4.78, 5) is 30.2. The summed E-state index contributed by atoms with van der Waals surface area (Å²) in [5.74, 6) is 2.55. The minimum Gasteiger partial charge on any atom is -0.491 e. The van der Waals surface area contributed by atoms with Crippen molar-refractivity contribution in [2.45, 2.75) is 89.6 Å². The van der Waals surface area contributed by atoms with E-state index in [-0.39, 0.29) is 23.5 Å². The molecule has 8 nitrogen and oxygen atoms in total. The number of carbonyl (C=O) groups excluding carboxylic acids is 2. The molecule has 4 aromatic carbocycles. The number of rotatable bonds is 8. The van der Waals surface area contributed by atoms with Crippen molar-refractivity contribution in [2.75, 3.05) is 36.1 Å². The molecule has 290 valence electrons. The van der Waals surface area contributed by atoms with Gasteiger partial charge in [0.05, 0.1) is 48.8 Å². The molecule has 4 aromatic rings. The van der Waals surface area contributed by atoms with Crippen LogP contribution in [-0.2, 0) is 17.6 Å². The summed E-state index contributed by atoms with van der Waals surface area (Å²) >= 11 is 7.15. The van der Waals surface area contributed by atoms with Crippen molar-refractivity contribution in [2.24, 2.45) is 0 Å². The summed E-state index contributed by atoms with van der Waals surface area (Å²) in [7, 11) is -1.93. The van der Waals surface area contributed by atoms with Crippen LogP contribution in [0.1, 0.15) is 101 Å². The van der Waals surface area contributed by atoms with E-state index in [0.29, 0.717) is 72.9 Å². The fraction of sp³-hybridized carbons (Fsp3) is 0.409. The highest BCUT2D eigenvalue weighted by molar-refractivity contribution is 9.10. The summed E-state index contributed by atoms with van der Waals surface area (Å²) in [6.45, 7) is 13.4. The van der Waals surface area contributed by atoms with Crippen molar-refractivity contribution in [1.29, 1.82) is 0 Å². The second-order valence-electron chi connectivity index (χ2n) is 16.4. The summed E-state index contributed by atoms with van der Waals surface area (Å²) in [5.41, 5.74) is 7.10. The Morgan fingerprint density at radius 1 is 0.727 bits per heavy atom. The molecule has 2 aliphatic heterocycles. The van der Waals surface area contributed by atoms with Crippen LogP contribution in [0.3, 0.4) is 0 Å². The van der Waals surface area contributed by atoms with Gasteiger partial charge in [0, 0.05) is 20.1 Å². The maximum Gasteiger partial charge on any atom is 0.262 e. The maximum atomic E-state index is 13.6. The highest BCUT2D eigenvalue weighted by atomic mass is 79.9. The zero-order valence-electron chi connectivity index (χ0n) is 32.3. The lowest BCUT2D eigenvalue weighted by Gasteiger charge is -2.36. The van der Waals surface area contributed by atoms with Gasteiger partial charge in [-0.25, -0.2) is 0 Å². The standard InChI is InChI=1S/C25H32BrNO3Si.C19H18BrNO3/c1-25(2,3)31(4,5)30-16-20-21(26)7-6-8-22(20)27-13-14-29-23-15-18(17-9-10-17)11-12-19(23)24(27)28;20-16-2-1-3-17(15(16)11-22)21-8-9-24-18-10-13(12-4-5-12)6-7-14(18)19(21)23/h6-8,11-12,15,17H,9-10,13-14,16H2,1-5H3;1-3,6-7,10,12,22H,4-5,8-9,11H2. The van der Waals surface area contributed by atoms with Gasteiger partial charge in [-0.15, -0.1) is 0 Å². The van der Waals surface area contributed by atoms with Gasteiger partial charge < -0.3 is 28.8 Å². The monoisotopic (exact) mass is 888 g/mol. The molecule has 0 saturated heterocycles. The Bertz CT molecular complexity index is 2090. The Hall–Kier alpha value is -3.48. The quantitative estimate of drug-likeness (QED) is 0.177. The second kappa shape index (κ2) is 16.2. The molecule has 0 bridgehead atoms. The van der Waals surface area contributed by atoms with Crippen LogP contribution >= 0.6 is 31.9 Å². The summed E-state index contributed by atoms with van der Waals surface area (Å²) in [6, 6.07) is 23.6. The summed E-state index contributed by atoms with van der Waals surface area (Å²) < 4.78 is 20.2. The number of ether oxygens (including phenoxy) is 2. The van der Waals surface area contributed by atoms with E-state index in [2.05, 4.69) is 77.9 Å². The third-order valence-electron chi connectivity index (χ3n) is 11.5. The predicted octanol–water partition coefficient (Wildman–Crippen LogP) is 10.7. The Kier molecular flexibility index (Phi) is 11.7. The third kappa shape index (κ3) is 8.61. The van der Waals surface area contributed by atoms with E-state index in [1.807, 2.05) is 65.6 Å². The zero-order valence-corrected chi connectivity index (χ0v) is 36.5. The maximum absolute atomic E-state index is 13.6. The fourth-order valence-corrected chi connectivity index (χ4v) is 8.72. The van der Waals surface area contributed by atoms with Gasteiger partial charge in [-0.2, -0.15) is 0 Å². The lowest BCUT2D eigenvalue weighted by molar-refractivity contribution is 0.0981. The van der Waals surface area contributed by atoms with Gasteiger partial charge in [0.2, 0.25) is 0 Å². The first-order valence-electron chi connectivity index (χ1n) is 19.2. The van der Waals surface area contributed by atoms with Gasteiger partial charge in [-0.3, -0.25) is 9.59 Å². The van der Waals surface area contributed by atoms with Gasteiger partial charge >= 0.3 is 0 Å². The van der Waals surface area contributed by atoms with Crippen molar-refractivity contribution in [3.05, 3.63) is 115 Å². The van der Waals surface area contributed by atoms with E-state index in [4.69, 9.17) is 13.9 Å². The molecule has 8 rings (SSSR count). The molecule has 11 heteroatoms. The smallest absolute Gasteiger partial charge is 0.262 e. The average Bonchev–Trinajstić information content (AvgIpc) is 4.06. The Morgan fingerprint density at radius 2 is 1.18 bits per heavy atom. The molecule has 0 unspecified atom stereocenters. The van der Waals surface area contributed by atoms with Crippen LogP contribution in [0.5, 0.6) is 11.5 Å². The van der Waals surface area contributed by atoms with E-state index >= 15 is 0 Å². The summed E-state index contributed by atoms with van der Waals surface area (Å²) in [5, 5.41) is 9.81. The number of nitrogens with zero attached hydrogens (tertiary/aromatic N) is 2. The number of aliphatic hydroxyl groups is 1. The first-order valence-corrected chi connectivity index (χ1v) is 23.7. The van der Waals surface area contributed by atoms with Crippen molar-refractivity contribution < 1.29 is 28.6 Å². The van der Waals surface area contributed by atoms with Gasteiger partial charge in [-0.1, -0.05) is 76.9 Å². The minimum atomic E-state index is -1.93. The number of benzene rings is 4. The number of halogens is 2. The van der Waals surface area contributed by atoms with Crippen LogP contribution < -0.4 is 19.3 Å². The van der Waals surface area contributed by atoms with E-state index in [1.54, 1.807) is 4.90 Å². The van der Waals surface area contributed by atoms with Crippen molar-refractivity contribution in [3.8, 4) is 11.5 Å². The first-order chi connectivity index (χ1) is 26.3. The van der Waals surface area contributed by atoms with E-state index in [1.165, 1.54) is 36.8 Å². The topological polar surface area (TPSA) is 88.5 Å². The molecule has 2 heterocycles. The van der Waals surface area contributed by atoms with Crippen LogP contribution in [0.15, 0.2) is 81.7 Å². The Morgan fingerprint density at radius 3 is 1.62 bits per heavy atom. The first kappa shape index (κ1) is 39.7. The summed E-state index contributed by atoms with van der Waals surface area (Å²) in [6.07, 6.45) is 4.90. The molecule has 0 aromatic heterocycles. The number of fused-ring (bicyclic) bond motifs is 2. The minimum absolute atomic E-state index is 0.0125. The number of anilines is 2. The predicted molar refractivity (Wildman–Crippen MR) is 227 cm³/mol. The SMILES string of the molecule is CC(C)(C)[Si](C)(C)OCc1c(Br)cccc1N1CCOc2cc(C3CC3)ccc2C1=O.O=C1c2ccc(C3CC3)cc2OCCN1c1cccc(Br)c1CO. The fourth-order valence-electron chi connectivity index (χ4n) is 6.83. The largest absolute Gasteiger partial charge is 0.491 e. The van der Waals surface area contributed by atoms with E-state index < -0.39 is 8.32 Å².